The normalized spacial score (nSPS) is 11.4. The third kappa shape index (κ3) is 3.68. The molecule has 0 aliphatic heterocycles. The van der Waals surface area contributed by atoms with Gasteiger partial charge in [-0.15, -0.1) is 0 Å². The second-order valence-corrected chi connectivity index (χ2v) is 5.48. The van der Waals surface area contributed by atoms with Gasteiger partial charge in [-0.1, -0.05) is 29.4 Å². The van der Waals surface area contributed by atoms with E-state index in [2.05, 4.69) is 4.98 Å². The molecule has 3 N–H and O–H groups in total. The first-order valence-corrected chi connectivity index (χ1v) is 6.82. The summed E-state index contributed by atoms with van der Waals surface area (Å²) >= 11 is 7.06. The molecule has 0 fully saturated rings. The van der Waals surface area contributed by atoms with Gasteiger partial charge in [-0.05, 0) is 24.3 Å². The van der Waals surface area contributed by atoms with Crippen molar-refractivity contribution in [3.63, 3.8) is 0 Å². The molecule has 110 valence electrons. The Hall–Kier alpha value is -1.73. The van der Waals surface area contributed by atoms with Crippen LogP contribution >= 0.6 is 23.4 Å². The van der Waals surface area contributed by atoms with Crippen molar-refractivity contribution in [1.82, 2.24) is 4.98 Å². The predicted molar refractivity (Wildman–Crippen MR) is 75.8 cm³/mol. The highest BCUT2D eigenvalue weighted by molar-refractivity contribution is 7.99. The Balaban J connectivity index is 2.31. The molecule has 1 heterocycles. The first kappa shape index (κ1) is 15.7. The summed E-state index contributed by atoms with van der Waals surface area (Å²) in [5, 5.41) is 8.17. The predicted octanol–water partition coefficient (Wildman–Crippen LogP) is 4.19. The van der Waals surface area contributed by atoms with Crippen molar-refractivity contribution in [2.45, 2.75) is 16.1 Å². The van der Waals surface area contributed by atoms with Crippen LogP contribution in [0.3, 0.4) is 0 Å². The van der Waals surface area contributed by atoms with Crippen LogP contribution in [0.4, 0.5) is 13.2 Å². The third-order valence-electron chi connectivity index (χ3n) is 2.52. The number of pyridine rings is 1. The van der Waals surface area contributed by atoms with Gasteiger partial charge in [-0.3, -0.25) is 5.41 Å². The number of halogens is 4. The lowest BCUT2D eigenvalue weighted by molar-refractivity contribution is -0.137. The van der Waals surface area contributed by atoms with Gasteiger partial charge in [0.05, 0.1) is 10.6 Å². The lowest BCUT2D eigenvalue weighted by Crippen LogP contribution is -2.13. The van der Waals surface area contributed by atoms with Gasteiger partial charge in [0, 0.05) is 16.7 Å². The summed E-state index contributed by atoms with van der Waals surface area (Å²) in [7, 11) is 0. The highest BCUT2D eigenvalue weighted by atomic mass is 35.5. The van der Waals surface area contributed by atoms with Gasteiger partial charge in [0.2, 0.25) is 0 Å². The van der Waals surface area contributed by atoms with Crippen molar-refractivity contribution in [2.75, 3.05) is 0 Å². The maximum absolute atomic E-state index is 12.5. The van der Waals surface area contributed by atoms with E-state index in [-0.39, 0.29) is 5.84 Å². The van der Waals surface area contributed by atoms with Gasteiger partial charge in [0.15, 0.2) is 0 Å². The van der Waals surface area contributed by atoms with Crippen molar-refractivity contribution >= 4 is 29.2 Å². The summed E-state index contributed by atoms with van der Waals surface area (Å²) in [6.07, 6.45) is -3.66. The minimum atomic E-state index is -4.42. The summed E-state index contributed by atoms with van der Waals surface area (Å²) in [4.78, 5) is 4.32. The summed E-state index contributed by atoms with van der Waals surface area (Å²) in [5.41, 5.74) is 4.99. The van der Waals surface area contributed by atoms with Crippen LogP contribution < -0.4 is 5.73 Å². The molecule has 0 radical (unpaired) electrons. The minimum absolute atomic E-state index is 0.213. The monoisotopic (exact) mass is 331 g/mol. The van der Waals surface area contributed by atoms with Crippen LogP contribution in [0.2, 0.25) is 5.02 Å². The van der Waals surface area contributed by atoms with E-state index in [9.17, 15) is 13.2 Å². The number of benzene rings is 1. The zero-order valence-corrected chi connectivity index (χ0v) is 12.0. The molecular weight excluding hydrogens is 323 g/mol. The molecular formula is C13H9ClF3N3S. The topological polar surface area (TPSA) is 62.8 Å². The Kier molecular flexibility index (Phi) is 4.43. The van der Waals surface area contributed by atoms with E-state index < -0.39 is 11.7 Å². The molecule has 1 aromatic heterocycles. The van der Waals surface area contributed by atoms with Crippen molar-refractivity contribution < 1.29 is 13.2 Å². The SMILES string of the molecule is N=C(N)c1c(Cl)cccc1Sc1ccc(C(F)(F)F)cn1. The maximum atomic E-state index is 12.5. The largest absolute Gasteiger partial charge is 0.417 e. The first-order valence-electron chi connectivity index (χ1n) is 5.63. The standard InChI is InChI=1S/C13H9ClF3N3S/c14-8-2-1-3-9(11(8)12(18)19)21-10-5-4-7(6-20-10)13(15,16)17/h1-6H,(H3,18,19). The number of rotatable bonds is 3. The molecule has 1 aromatic carbocycles. The van der Waals surface area contributed by atoms with Crippen LogP contribution in [0.25, 0.3) is 0 Å². The molecule has 0 saturated carbocycles. The zero-order valence-electron chi connectivity index (χ0n) is 10.4. The molecule has 21 heavy (non-hydrogen) atoms. The Morgan fingerprint density at radius 2 is 1.95 bits per heavy atom. The third-order valence-corrected chi connectivity index (χ3v) is 3.85. The Labute approximate surface area is 127 Å². The van der Waals surface area contributed by atoms with E-state index in [4.69, 9.17) is 22.7 Å². The van der Waals surface area contributed by atoms with Crippen molar-refractivity contribution in [1.29, 1.82) is 5.41 Å². The van der Waals surface area contributed by atoms with E-state index >= 15 is 0 Å². The van der Waals surface area contributed by atoms with Gasteiger partial charge < -0.3 is 5.73 Å². The second kappa shape index (κ2) is 5.95. The Morgan fingerprint density at radius 1 is 1.24 bits per heavy atom. The molecule has 8 heteroatoms. The highest BCUT2D eigenvalue weighted by Crippen LogP contribution is 2.34. The smallest absolute Gasteiger partial charge is 0.384 e. The molecule has 0 spiro atoms. The Morgan fingerprint density at radius 3 is 2.48 bits per heavy atom. The number of hydrogen-bond acceptors (Lipinski definition) is 3. The fourth-order valence-electron chi connectivity index (χ4n) is 1.57. The molecule has 0 aliphatic carbocycles. The summed E-state index contributed by atoms with van der Waals surface area (Å²) in [6, 6.07) is 7.14. The summed E-state index contributed by atoms with van der Waals surface area (Å²) in [6.45, 7) is 0. The molecule has 0 unspecified atom stereocenters. The number of nitrogens with zero attached hydrogens (tertiary/aromatic N) is 1. The molecule has 2 aromatic rings. The number of nitrogen functional groups attached to an aromatic ring is 1. The number of amidine groups is 1. The summed E-state index contributed by atoms with van der Waals surface area (Å²) in [5.74, 6) is -0.213. The van der Waals surface area contributed by atoms with Gasteiger partial charge in [0.1, 0.15) is 10.9 Å². The van der Waals surface area contributed by atoms with Crippen molar-refractivity contribution in [3.05, 3.63) is 52.7 Å². The van der Waals surface area contributed by atoms with Crippen LogP contribution in [-0.2, 0) is 6.18 Å². The zero-order chi connectivity index (χ0) is 15.6. The lowest BCUT2D eigenvalue weighted by atomic mass is 10.2. The van der Waals surface area contributed by atoms with Gasteiger partial charge in [0.25, 0.3) is 0 Å². The van der Waals surface area contributed by atoms with Crippen LogP contribution in [0.1, 0.15) is 11.1 Å². The first-order chi connectivity index (χ1) is 9.79. The fraction of sp³-hybridized carbons (Fsp3) is 0.0769. The van der Waals surface area contributed by atoms with E-state index in [0.717, 1.165) is 24.0 Å². The highest BCUT2D eigenvalue weighted by Gasteiger charge is 2.30. The number of hydrogen-bond donors (Lipinski definition) is 2. The van der Waals surface area contributed by atoms with Crippen LogP contribution in [-0.4, -0.2) is 10.8 Å². The van der Waals surface area contributed by atoms with Gasteiger partial charge in [-0.25, -0.2) is 4.98 Å². The summed E-state index contributed by atoms with van der Waals surface area (Å²) < 4.78 is 37.4. The van der Waals surface area contributed by atoms with Crippen molar-refractivity contribution in [2.24, 2.45) is 5.73 Å². The number of alkyl halides is 3. The van der Waals surface area contributed by atoms with Crippen LogP contribution in [0.5, 0.6) is 0 Å². The average molecular weight is 332 g/mol. The van der Waals surface area contributed by atoms with E-state index in [1.165, 1.54) is 6.07 Å². The molecule has 0 saturated heterocycles. The molecule has 0 amide bonds. The quantitative estimate of drug-likeness (QED) is 0.655. The van der Waals surface area contributed by atoms with E-state index in [1.807, 2.05) is 0 Å². The van der Waals surface area contributed by atoms with Gasteiger partial charge in [-0.2, -0.15) is 13.2 Å². The molecule has 2 rings (SSSR count). The van der Waals surface area contributed by atoms with Crippen LogP contribution in [0, 0.1) is 5.41 Å². The number of nitrogens with one attached hydrogen (secondary N) is 1. The van der Waals surface area contributed by atoms with E-state index in [1.54, 1.807) is 18.2 Å². The molecule has 3 nitrogen and oxygen atoms in total. The number of aromatic nitrogens is 1. The second-order valence-electron chi connectivity index (χ2n) is 4.01. The lowest BCUT2D eigenvalue weighted by Gasteiger charge is -2.10. The van der Waals surface area contributed by atoms with Crippen LogP contribution in [0.15, 0.2) is 46.5 Å². The Bertz CT molecular complexity index is 671. The van der Waals surface area contributed by atoms with Crippen molar-refractivity contribution in [3.8, 4) is 0 Å². The van der Waals surface area contributed by atoms with Gasteiger partial charge >= 0.3 is 6.18 Å². The molecule has 0 aliphatic rings. The minimum Gasteiger partial charge on any atom is -0.384 e. The van der Waals surface area contributed by atoms with E-state index in [0.29, 0.717) is 20.5 Å². The molecule has 0 atom stereocenters. The average Bonchev–Trinajstić information content (AvgIpc) is 2.38. The number of nitrogens with two attached hydrogens (primary N) is 1. The fourth-order valence-corrected chi connectivity index (χ4v) is 2.84. The molecule has 0 bridgehead atoms. The maximum Gasteiger partial charge on any atom is 0.417 e.